The van der Waals surface area contributed by atoms with E-state index in [1.54, 1.807) is 0 Å². The van der Waals surface area contributed by atoms with Crippen molar-refractivity contribution in [1.82, 2.24) is 9.80 Å². The Kier molecular flexibility index (Phi) is 6.02. The minimum absolute atomic E-state index is 0.263. The van der Waals surface area contributed by atoms with Gasteiger partial charge in [0.25, 0.3) is 0 Å². The molecule has 20 heavy (non-hydrogen) atoms. The summed E-state index contributed by atoms with van der Waals surface area (Å²) >= 11 is 0. The molecule has 0 aromatic heterocycles. The molecule has 0 saturated carbocycles. The number of aliphatic hydroxyl groups is 1. The fourth-order valence-corrected chi connectivity index (χ4v) is 3.07. The van der Waals surface area contributed by atoms with Gasteiger partial charge in [0.1, 0.15) is 0 Å². The van der Waals surface area contributed by atoms with Gasteiger partial charge in [-0.25, -0.2) is 0 Å². The Morgan fingerprint density at radius 3 is 2.70 bits per heavy atom. The van der Waals surface area contributed by atoms with E-state index in [1.807, 2.05) is 0 Å². The van der Waals surface area contributed by atoms with Crippen molar-refractivity contribution < 1.29 is 5.11 Å². The van der Waals surface area contributed by atoms with Crippen molar-refractivity contribution in [3.05, 3.63) is 35.9 Å². The third-order valence-electron chi connectivity index (χ3n) is 4.23. The van der Waals surface area contributed by atoms with E-state index in [1.165, 1.54) is 25.1 Å². The van der Waals surface area contributed by atoms with Crippen LogP contribution >= 0.6 is 0 Å². The zero-order chi connectivity index (χ0) is 14.4. The van der Waals surface area contributed by atoms with Crippen molar-refractivity contribution in [2.45, 2.75) is 32.9 Å². The molecule has 0 spiro atoms. The predicted molar refractivity (Wildman–Crippen MR) is 83.6 cm³/mol. The SMILES string of the molecule is CC(C)N(CCO)C[C@H]1CCN(Cc2ccccc2)C1. The second-order valence-corrected chi connectivity index (χ2v) is 6.19. The fraction of sp³-hybridized carbons (Fsp3) is 0.647. The van der Waals surface area contributed by atoms with Crippen LogP contribution in [0.4, 0.5) is 0 Å². The molecule has 0 aliphatic carbocycles. The van der Waals surface area contributed by atoms with Gasteiger partial charge in [0.2, 0.25) is 0 Å². The Labute approximate surface area is 123 Å². The lowest BCUT2D eigenvalue weighted by atomic mass is 10.1. The van der Waals surface area contributed by atoms with Crippen LogP contribution in [0.2, 0.25) is 0 Å². The minimum atomic E-state index is 0.263. The zero-order valence-corrected chi connectivity index (χ0v) is 12.8. The van der Waals surface area contributed by atoms with Crippen molar-refractivity contribution in [1.29, 1.82) is 0 Å². The normalized spacial score (nSPS) is 20.1. The molecular weight excluding hydrogens is 248 g/mol. The van der Waals surface area contributed by atoms with Crippen molar-refractivity contribution >= 4 is 0 Å². The van der Waals surface area contributed by atoms with Gasteiger partial charge in [-0.3, -0.25) is 9.80 Å². The third kappa shape index (κ3) is 4.58. The molecule has 2 rings (SSSR count). The first-order valence-corrected chi connectivity index (χ1v) is 7.80. The van der Waals surface area contributed by atoms with Gasteiger partial charge in [-0.2, -0.15) is 0 Å². The molecule has 0 amide bonds. The standard InChI is InChI=1S/C17H28N2O/c1-15(2)19(10-11-20)14-17-8-9-18(13-17)12-16-6-4-3-5-7-16/h3-7,15,17,20H,8-14H2,1-2H3/t17-/m0/s1. The lowest BCUT2D eigenvalue weighted by Crippen LogP contribution is -2.38. The zero-order valence-electron chi connectivity index (χ0n) is 12.8. The van der Waals surface area contributed by atoms with Gasteiger partial charge < -0.3 is 5.11 Å². The van der Waals surface area contributed by atoms with Crippen LogP contribution in [0.25, 0.3) is 0 Å². The Morgan fingerprint density at radius 2 is 2.05 bits per heavy atom. The summed E-state index contributed by atoms with van der Waals surface area (Å²) in [5.74, 6) is 0.743. The first-order valence-electron chi connectivity index (χ1n) is 7.80. The van der Waals surface area contributed by atoms with Crippen molar-refractivity contribution in [3.63, 3.8) is 0 Å². The second-order valence-electron chi connectivity index (χ2n) is 6.19. The van der Waals surface area contributed by atoms with Crippen LogP contribution in [-0.4, -0.2) is 53.7 Å². The van der Waals surface area contributed by atoms with Crippen molar-refractivity contribution in [3.8, 4) is 0 Å². The number of rotatable bonds is 7. The maximum Gasteiger partial charge on any atom is 0.0558 e. The first kappa shape index (κ1) is 15.5. The number of hydrogen-bond donors (Lipinski definition) is 1. The molecule has 1 aromatic carbocycles. The van der Waals surface area contributed by atoms with E-state index in [4.69, 9.17) is 5.11 Å². The van der Waals surface area contributed by atoms with Gasteiger partial charge in [-0.1, -0.05) is 30.3 Å². The van der Waals surface area contributed by atoms with Crippen LogP contribution in [0.3, 0.4) is 0 Å². The van der Waals surface area contributed by atoms with Crippen molar-refractivity contribution in [2.75, 3.05) is 32.8 Å². The second kappa shape index (κ2) is 7.77. The highest BCUT2D eigenvalue weighted by Crippen LogP contribution is 2.20. The van der Waals surface area contributed by atoms with Crippen LogP contribution in [0.15, 0.2) is 30.3 Å². The van der Waals surface area contributed by atoms with E-state index >= 15 is 0 Å². The lowest BCUT2D eigenvalue weighted by molar-refractivity contribution is 0.144. The van der Waals surface area contributed by atoms with E-state index < -0.39 is 0 Å². The summed E-state index contributed by atoms with van der Waals surface area (Å²) in [4.78, 5) is 4.95. The highest BCUT2D eigenvalue weighted by Gasteiger charge is 2.25. The summed E-state index contributed by atoms with van der Waals surface area (Å²) in [6.07, 6.45) is 1.28. The Hall–Kier alpha value is -0.900. The average molecular weight is 276 g/mol. The molecule has 1 N–H and O–H groups in total. The summed E-state index contributed by atoms with van der Waals surface area (Å²) < 4.78 is 0. The number of hydrogen-bond acceptors (Lipinski definition) is 3. The molecule has 112 valence electrons. The quantitative estimate of drug-likeness (QED) is 0.827. The molecule has 0 radical (unpaired) electrons. The molecular formula is C17H28N2O. The molecule has 3 heteroatoms. The van der Waals surface area contributed by atoms with Crippen LogP contribution in [0, 0.1) is 5.92 Å². The molecule has 0 bridgehead atoms. The molecule has 1 fully saturated rings. The van der Waals surface area contributed by atoms with Crippen LogP contribution in [-0.2, 0) is 6.54 Å². The summed E-state index contributed by atoms with van der Waals surface area (Å²) in [5, 5.41) is 9.15. The van der Waals surface area contributed by atoms with Gasteiger partial charge in [0.15, 0.2) is 0 Å². The van der Waals surface area contributed by atoms with E-state index in [-0.39, 0.29) is 6.61 Å². The summed E-state index contributed by atoms with van der Waals surface area (Å²) in [6, 6.07) is 11.2. The summed E-state index contributed by atoms with van der Waals surface area (Å²) in [5.41, 5.74) is 1.41. The van der Waals surface area contributed by atoms with Gasteiger partial charge in [0.05, 0.1) is 6.61 Å². The highest BCUT2D eigenvalue weighted by atomic mass is 16.3. The maximum absolute atomic E-state index is 9.15. The first-order chi connectivity index (χ1) is 9.69. The topological polar surface area (TPSA) is 26.7 Å². The van der Waals surface area contributed by atoms with Crippen LogP contribution in [0.1, 0.15) is 25.8 Å². The van der Waals surface area contributed by atoms with E-state index in [9.17, 15) is 0 Å². The predicted octanol–water partition coefficient (Wildman–Crippen LogP) is 2.21. The molecule has 3 nitrogen and oxygen atoms in total. The van der Waals surface area contributed by atoms with Gasteiger partial charge in [0, 0.05) is 32.2 Å². The van der Waals surface area contributed by atoms with E-state index in [0.717, 1.165) is 25.6 Å². The highest BCUT2D eigenvalue weighted by molar-refractivity contribution is 5.14. The third-order valence-corrected chi connectivity index (χ3v) is 4.23. The van der Waals surface area contributed by atoms with E-state index in [0.29, 0.717) is 6.04 Å². The number of aliphatic hydroxyl groups excluding tert-OH is 1. The molecule has 1 atom stereocenters. The number of nitrogens with zero attached hydrogens (tertiary/aromatic N) is 2. The van der Waals surface area contributed by atoms with E-state index in [2.05, 4.69) is 54.0 Å². The lowest BCUT2D eigenvalue weighted by Gasteiger charge is -2.28. The van der Waals surface area contributed by atoms with Crippen molar-refractivity contribution in [2.24, 2.45) is 5.92 Å². The van der Waals surface area contributed by atoms with Crippen LogP contribution in [0.5, 0.6) is 0 Å². The number of benzene rings is 1. The summed E-state index contributed by atoms with van der Waals surface area (Å²) in [7, 11) is 0. The van der Waals surface area contributed by atoms with Gasteiger partial charge in [-0.15, -0.1) is 0 Å². The number of likely N-dealkylation sites (tertiary alicyclic amines) is 1. The average Bonchev–Trinajstić information content (AvgIpc) is 2.86. The molecule has 1 aromatic rings. The molecule has 1 heterocycles. The monoisotopic (exact) mass is 276 g/mol. The van der Waals surface area contributed by atoms with Crippen LogP contribution < -0.4 is 0 Å². The van der Waals surface area contributed by atoms with Gasteiger partial charge in [-0.05, 0) is 38.3 Å². The molecule has 1 aliphatic rings. The Balaban J connectivity index is 1.80. The smallest absolute Gasteiger partial charge is 0.0558 e. The fourth-order valence-electron chi connectivity index (χ4n) is 3.07. The largest absolute Gasteiger partial charge is 0.395 e. The molecule has 1 saturated heterocycles. The van der Waals surface area contributed by atoms with Gasteiger partial charge >= 0.3 is 0 Å². The molecule has 1 aliphatic heterocycles. The maximum atomic E-state index is 9.15. The Bertz CT molecular complexity index is 380. The molecule has 0 unspecified atom stereocenters. The minimum Gasteiger partial charge on any atom is -0.395 e. The summed E-state index contributed by atoms with van der Waals surface area (Å²) in [6.45, 7) is 10.1. The Morgan fingerprint density at radius 1 is 1.30 bits per heavy atom.